The Morgan fingerprint density at radius 1 is 1.21 bits per heavy atom. The summed E-state index contributed by atoms with van der Waals surface area (Å²) >= 11 is 0. The fourth-order valence-electron chi connectivity index (χ4n) is 1.91. The minimum absolute atomic E-state index is 0.250. The highest BCUT2D eigenvalue weighted by Gasteiger charge is 2.05. The number of aliphatic hydroxyl groups excluding tert-OH is 1. The van der Waals surface area contributed by atoms with E-state index in [-0.39, 0.29) is 6.61 Å². The fourth-order valence-corrected chi connectivity index (χ4v) is 1.91. The molecule has 1 aromatic carbocycles. The molecule has 4 heteroatoms. The van der Waals surface area contributed by atoms with Crippen molar-refractivity contribution in [3.05, 3.63) is 23.8 Å². The zero-order chi connectivity index (χ0) is 14.1. The van der Waals surface area contributed by atoms with Crippen LogP contribution in [0, 0.1) is 5.92 Å². The maximum Gasteiger partial charge on any atom is 0.160 e. The molecule has 1 rings (SSSR count). The summed E-state index contributed by atoms with van der Waals surface area (Å²) in [5.41, 5.74) is 1.21. The lowest BCUT2D eigenvalue weighted by molar-refractivity contribution is 0.219. The summed E-state index contributed by atoms with van der Waals surface area (Å²) in [5.74, 6) is 1.87. The SMILES string of the molecule is CCC(CO)CNCCc1ccc(OC)c(OC)c1. The van der Waals surface area contributed by atoms with Crippen LogP contribution in [0.5, 0.6) is 11.5 Å². The molecule has 108 valence electrons. The standard InChI is InChI=1S/C15H25NO3/c1-4-12(11-17)10-16-8-7-13-5-6-14(18-2)15(9-13)19-3/h5-6,9,12,16-17H,4,7-8,10-11H2,1-3H3. The van der Waals surface area contributed by atoms with Gasteiger partial charge in [-0.05, 0) is 43.0 Å². The molecule has 0 bridgehead atoms. The summed E-state index contributed by atoms with van der Waals surface area (Å²) in [7, 11) is 3.28. The van der Waals surface area contributed by atoms with Crippen molar-refractivity contribution in [1.29, 1.82) is 0 Å². The number of hydrogen-bond acceptors (Lipinski definition) is 4. The lowest BCUT2D eigenvalue weighted by atomic mass is 10.1. The minimum Gasteiger partial charge on any atom is -0.493 e. The van der Waals surface area contributed by atoms with Crippen LogP contribution in [-0.2, 0) is 6.42 Å². The summed E-state index contributed by atoms with van der Waals surface area (Å²) in [6.07, 6.45) is 1.93. The maximum absolute atomic E-state index is 9.10. The molecule has 1 aromatic rings. The average Bonchev–Trinajstić information content (AvgIpc) is 2.47. The molecule has 1 atom stereocenters. The summed E-state index contributed by atoms with van der Waals surface area (Å²) < 4.78 is 10.5. The van der Waals surface area contributed by atoms with Gasteiger partial charge in [0, 0.05) is 13.2 Å². The largest absolute Gasteiger partial charge is 0.493 e. The summed E-state index contributed by atoms with van der Waals surface area (Å²) in [6, 6.07) is 5.98. The fraction of sp³-hybridized carbons (Fsp3) is 0.600. The molecule has 0 saturated carbocycles. The number of benzene rings is 1. The first kappa shape index (κ1) is 15.8. The van der Waals surface area contributed by atoms with E-state index in [0.717, 1.165) is 37.4 Å². The maximum atomic E-state index is 9.10. The van der Waals surface area contributed by atoms with Gasteiger partial charge < -0.3 is 19.9 Å². The van der Waals surface area contributed by atoms with Crippen LogP contribution >= 0.6 is 0 Å². The van der Waals surface area contributed by atoms with E-state index in [1.165, 1.54) is 5.56 Å². The van der Waals surface area contributed by atoms with Gasteiger partial charge in [0.15, 0.2) is 11.5 Å². The molecule has 0 fully saturated rings. The van der Waals surface area contributed by atoms with Crippen molar-refractivity contribution in [2.24, 2.45) is 5.92 Å². The Kier molecular flexibility index (Phi) is 7.30. The Morgan fingerprint density at radius 2 is 1.95 bits per heavy atom. The second-order valence-electron chi connectivity index (χ2n) is 4.60. The monoisotopic (exact) mass is 267 g/mol. The zero-order valence-electron chi connectivity index (χ0n) is 12.1. The van der Waals surface area contributed by atoms with Crippen LogP contribution < -0.4 is 14.8 Å². The topological polar surface area (TPSA) is 50.7 Å². The van der Waals surface area contributed by atoms with E-state index < -0.39 is 0 Å². The van der Waals surface area contributed by atoms with Crippen molar-refractivity contribution in [2.75, 3.05) is 33.9 Å². The molecule has 19 heavy (non-hydrogen) atoms. The molecule has 0 aliphatic carbocycles. The zero-order valence-corrected chi connectivity index (χ0v) is 12.1. The first-order valence-electron chi connectivity index (χ1n) is 6.77. The van der Waals surface area contributed by atoms with E-state index in [0.29, 0.717) is 5.92 Å². The highest BCUT2D eigenvalue weighted by Crippen LogP contribution is 2.27. The van der Waals surface area contributed by atoms with Gasteiger partial charge >= 0.3 is 0 Å². The quantitative estimate of drug-likeness (QED) is 0.671. The van der Waals surface area contributed by atoms with Crippen molar-refractivity contribution in [3.8, 4) is 11.5 Å². The van der Waals surface area contributed by atoms with Crippen LogP contribution in [0.1, 0.15) is 18.9 Å². The normalized spacial score (nSPS) is 12.2. The number of methoxy groups -OCH3 is 2. The van der Waals surface area contributed by atoms with E-state index in [4.69, 9.17) is 14.6 Å². The van der Waals surface area contributed by atoms with Crippen LogP contribution in [0.15, 0.2) is 18.2 Å². The number of rotatable bonds is 9. The molecule has 1 unspecified atom stereocenters. The molecule has 0 spiro atoms. The van der Waals surface area contributed by atoms with Gasteiger partial charge in [-0.3, -0.25) is 0 Å². The molecule has 4 nitrogen and oxygen atoms in total. The lowest BCUT2D eigenvalue weighted by Gasteiger charge is -2.13. The Bertz CT molecular complexity index is 364. The van der Waals surface area contributed by atoms with Crippen LogP contribution in [0.3, 0.4) is 0 Å². The molecule has 0 aliphatic rings. The summed E-state index contributed by atoms with van der Waals surface area (Å²) in [5, 5.41) is 12.5. The van der Waals surface area contributed by atoms with Gasteiger partial charge in [0.05, 0.1) is 14.2 Å². The third kappa shape index (κ3) is 5.09. The van der Waals surface area contributed by atoms with Crippen LogP contribution in [0.4, 0.5) is 0 Å². The number of hydrogen-bond donors (Lipinski definition) is 2. The van der Waals surface area contributed by atoms with Crippen LogP contribution in [0.2, 0.25) is 0 Å². The number of nitrogens with one attached hydrogen (secondary N) is 1. The highest BCUT2D eigenvalue weighted by molar-refractivity contribution is 5.42. The Morgan fingerprint density at radius 3 is 2.53 bits per heavy atom. The van der Waals surface area contributed by atoms with Gasteiger partial charge in [0.1, 0.15) is 0 Å². The summed E-state index contributed by atoms with van der Waals surface area (Å²) in [6.45, 7) is 4.10. The molecule has 0 radical (unpaired) electrons. The molecule has 0 aromatic heterocycles. The third-order valence-corrected chi connectivity index (χ3v) is 3.31. The molecular formula is C15H25NO3. The molecule has 0 aliphatic heterocycles. The average molecular weight is 267 g/mol. The predicted molar refractivity (Wildman–Crippen MR) is 77.0 cm³/mol. The predicted octanol–water partition coefficient (Wildman–Crippen LogP) is 1.85. The summed E-state index contributed by atoms with van der Waals surface area (Å²) in [4.78, 5) is 0. The second kappa shape index (κ2) is 8.77. The number of ether oxygens (including phenoxy) is 2. The van der Waals surface area contributed by atoms with E-state index in [2.05, 4.69) is 12.2 Å². The smallest absolute Gasteiger partial charge is 0.160 e. The van der Waals surface area contributed by atoms with Gasteiger partial charge in [-0.2, -0.15) is 0 Å². The number of aliphatic hydroxyl groups is 1. The first-order chi connectivity index (χ1) is 9.24. The first-order valence-corrected chi connectivity index (χ1v) is 6.77. The Hall–Kier alpha value is -1.26. The molecule has 2 N–H and O–H groups in total. The van der Waals surface area contributed by atoms with Crippen molar-refractivity contribution in [2.45, 2.75) is 19.8 Å². The molecule has 0 saturated heterocycles. The van der Waals surface area contributed by atoms with E-state index in [1.807, 2.05) is 18.2 Å². The highest BCUT2D eigenvalue weighted by atomic mass is 16.5. The third-order valence-electron chi connectivity index (χ3n) is 3.31. The van der Waals surface area contributed by atoms with E-state index in [9.17, 15) is 0 Å². The molecule has 0 amide bonds. The lowest BCUT2D eigenvalue weighted by Crippen LogP contribution is -2.26. The minimum atomic E-state index is 0.250. The van der Waals surface area contributed by atoms with Crippen molar-refractivity contribution < 1.29 is 14.6 Å². The van der Waals surface area contributed by atoms with Crippen molar-refractivity contribution in [1.82, 2.24) is 5.32 Å². The van der Waals surface area contributed by atoms with Crippen LogP contribution in [0.25, 0.3) is 0 Å². The van der Waals surface area contributed by atoms with Crippen molar-refractivity contribution in [3.63, 3.8) is 0 Å². The van der Waals surface area contributed by atoms with Crippen LogP contribution in [-0.4, -0.2) is 39.0 Å². The van der Waals surface area contributed by atoms with Gasteiger partial charge in [-0.25, -0.2) is 0 Å². The van der Waals surface area contributed by atoms with Gasteiger partial charge in [-0.1, -0.05) is 13.0 Å². The van der Waals surface area contributed by atoms with Gasteiger partial charge in [0.2, 0.25) is 0 Å². The van der Waals surface area contributed by atoms with E-state index >= 15 is 0 Å². The van der Waals surface area contributed by atoms with Gasteiger partial charge in [0.25, 0.3) is 0 Å². The molecular weight excluding hydrogens is 242 g/mol. The van der Waals surface area contributed by atoms with Crippen molar-refractivity contribution >= 4 is 0 Å². The van der Waals surface area contributed by atoms with E-state index in [1.54, 1.807) is 14.2 Å². The Balaban J connectivity index is 2.41. The molecule has 0 heterocycles. The second-order valence-corrected chi connectivity index (χ2v) is 4.60. The van der Waals surface area contributed by atoms with Gasteiger partial charge in [-0.15, -0.1) is 0 Å². The Labute approximate surface area is 115 Å².